The highest BCUT2D eigenvalue weighted by Crippen LogP contribution is 2.50. The summed E-state index contributed by atoms with van der Waals surface area (Å²) in [5.74, 6) is -0.0978. The number of carbonyl (C=O) groups is 2. The molecular weight excluding hydrogens is 452 g/mol. The molecule has 36 heavy (non-hydrogen) atoms. The molecule has 0 spiro atoms. The van der Waals surface area contributed by atoms with E-state index in [1.807, 2.05) is 65.6 Å². The monoisotopic (exact) mass is 484 g/mol. The smallest absolute Gasteiger partial charge is 0.260 e. The summed E-state index contributed by atoms with van der Waals surface area (Å²) in [4.78, 5) is 35.3. The number of hydrogen-bond donors (Lipinski definition) is 1. The number of allylic oxidation sites excluding steroid dienone is 2. The molecule has 7 nitrogen and oxygen atoms in total. The minimum atomic E-state index is -1.22. The third-order valence-electron chi connectivity index (χ3n) is 7.93. The van der Waals surface area contributed by atoms with Gasteiger partial charge in [0.25, 0.3) is 11.8 Å². The van der Waals surface area contributed by atoms with Gasteiger partial charge in [-0.1, -0.05) is 60.7 Å². The predicted octanol–water partition coefficient (Wildman–Crippen LogP) is 3.49. The molecule has 3 aliphatic rings. The summed E-state index contributed by atoms with van der Waals surface area (Å²) in [6.45, 7) is 1.08. The van der Waals surface area contributed by atoms with Crippen molar-refractivity contribution in [2.45, 2.75) is 30.4 Å². The quantitative estimate of drug-likeness (QED) is 0.704. The van der Waals surface area contributed by atoms with Crippen molar-refractivity contribution in [3.63, 3.8) is 0 Å². The van der Waals surface area contributed by atoms with Crippen molar-refractivity contribution in [2.24, 2.45) is 16.6 Å². The van der Waals surface area contributed by atoms with Gasteiger partial charge in [0.2, 0.25) is 0 Å². The van der Waals surface area contributed by atoms with Crippen LogP contribution in [0.5, 0.6) is 0 Å². The third kappa shape index (κ3) is 3.75. The van der Waals surface area contributed by atoms with Crippen LogP contribution >= 0.6 is 0 Å². The minimum Gasteiger partial charge on any atom is -0.371 e. The van der Waals surface area contributed by atoms with E-state index >= 15 is 0 Å². The number of methoxy groups -OCH3 is 1. The number of aliphatic imine (C=N–C) groups is 1. The maximum atomic E-state index is 14.0. The van der Waals surface area contributed by atoms with Crippen LogP contribution in [-0.2, 0) is 9.53 Å². The van der Waals surface area contributed by atoms with Gasteiger partial charge in [-0.25, -0.2) is 4.99 Å². The second-order valence-corrected chi connectivity index (χ2v) is 9.72. The van der Waals surface area contributed by atoms with Crippen molar-refractivity contribution in [1.82, 2.24) is 9.80 Å². The number of amides is 2. The molecule has 186 valence electrons. The molecule has 1 aliphatic carbocycles. The van der Waals surface area contributed by atoms with E-state index in [1.165, 1.54) is 4.90 Å². The Balaban J connectivity index is 1.48. The lowest BCUT2D eigenvalue weighted by atomic mass is 9.63. The van der Waals surface area contributed by atoms with Crippen LogP contribution in [0.1, 0.15) is 35.2 Å². The Morgan fingerprint density at radius 1 is 1.06 bits per heavy atom. The highest BCUT2D eigenvalue weighted by molar-refractivity contribution is 6.08. The molecule has 2 heterocycles. The van der Waals surface area contributed by atoms with Crippen LogP contribution in [0, 0.1) is 5.92 Å². The van der Waals surface area contributed by atoms with Gasteiger partial charge in [0.05, 0.1) is 0 Å². The van der Waals surface area contributed by atoms with Gasteiger partial charge in [0, 0.05) is 39.2 Å². The standard InChI is InChI=1S/C29H32N4O3/c1-32-26(35)29(31-27(32)30,24-15-18-33(19-16-24)25(34)22-12-7-4-8-13-22)28(36-2)17-9-14-23(20-28)21-10-5-3-6-11-21/h3-14,17,24H,15-16,18-20H2,1-2H3,(H2,30,31). The molecule has 2 aromatic carbocycles. The maximum Gasteiger partial charge on any atom is 0.260 e. The number of nitrogens with zero attached hydrogens (tertiary/aromatic N) is 3. The lowest BCUT2D eigenvalue weighted by Crippen LogP contribution is -2.64. The highest BCUT2D eigenvalue weighted by Gasteiger charge is 2.65. The van der Waals surface area contributed by atoms with E-state index in [0.29, 0.717) is 37.9 Å². The van der Waals surface area contributed by atoms with Crippen LogP contribution in [0.4, 0.5) is 0 Å². The highest BCUT2D eigenvalue weighted by atomic mass is 16.5. The van der Waals surface area contributed by atoms with Gasteiger partial charge in [-0.05, 0) is 48.1 Å². The number of piperidine rings is 1. The summed E-state index contributed by atoms with van der Waals surface area (Å²) in [5, 5.41) is 0. The van der Waals surface area contributed by atoms with Crippen molar-refractivity contribution in [3.8, 4) is 0 Å². The zero-order valence-electron chi connectivity index (χ0n) is 20.8. The van der Waals surface area contributed by atoms with Gasteiger partial charge >= 0.3 is 0 Å². The molecule has 1 saturated heterocycles. The van der Waals surface area contributed by atoms with Crippen molar-refractivity contribution in [3.05, 3.63) is 90.0 Å². The molecule has 7 heteroatoms. The Morgan fingerprint density at radius 3 is 2.28 bits per heavy atom. The van der Waals surface area contributed by atoms with Gasteiger partial charge in [0.1, 0.15) is 5.60 Å². The summed E-state index contributed by atoms with van der Waals surface area (Å²) in [7, 11) is 3.31. The van der Waals surface area contributed by atoms with Crippen LogP contribution < -0.4 is 5.73 Å². The van der Waals surface area contributed by atoms with Crippen molar-refractivity contribution < 1.29 is 14.3 Å². The number of carbonyl (C=O) groups excluding carboxylic acids is 2. The zero-order chi connectivity index (χ0) is 25.3. The van der Waals surface area contributed by atoms with Crippen molar-refractivity contribution in [1.29, 1.82) is 0 Å². The van der Waals surface area contributed by atoms with E-state index in [-0.39, 0.29) is 23.7 Å². The molecule has 0 bridgehead atoms. The first-order chi connectivity index (χ1) is 17.4. The Bertz CT molecular complexity index is 1230. The molecule has 2 unspecified atom stereocenters. The number of likely N-dealkylation sites (N-methyl/N-ethyl adjacent to an activating group) is 1. The number of benzene rings is 2. The van der Waals surface area contributed by atoms with Crippen LogP contribution in [0.25, 0.3) is 5.57 Å². The number of guanidine groups is 1. The lowest BCUT2D eigenvalue weighted by molar-refractivity contribution is -0.145. The average molecular weight is 485 g/mol. The fraction of sp³-hybridized carbons (Fsp3) is 0.345. The Labute approximate surface area is 211 Å². The van der Waals surface area contributed by atoms with E-state index < -0.39 is 11.1 Å². The first-order valence-electron chi connectivity index (χ1n) is 12.4. The first kappa shape index (κ1) is 24.0. The second-order valence-electron chi connectivity index (χ2n) is 9.72. The Morgan fingerprint density at radius 2 is 1.69 bits per heavy atom. The molecule has 0 radical (unpaired) electrons. The summed E-state index contributed by atoms with van der Waals surface area (Å²) < 4.78 is 6.26. The van der Waals surface area contributed by atoms with E-state index in [4.69, 9.17) is 15.5 Å². The van der Waals surface area contributed by atoms with Crippen molar-refractivity contribution >= 4 is 23.3 Å². The van der Waals surface area contributed by atoms with Gasteiger partial charge in [-0.3, -0.25) is 14.5 Å². The first-order valence-corrected chi connectivity index (χ1v) is 12.4. The number of hydrogen-bond acceptors (Lipinski definition) is 5. The van der Waals surface area contributed by atoms with Gasteiger partial charge in [0.15, 0.2) is 11.5 Å². The normalized spacial score (nSPS) is 26.7. The fourth-order valence-electron chi connectivity index (χ4n) is 5.94. The molecule has 2 atom stereocenters. The molecule has 2 N–H and O–H groups in total. The zero-order valence-corrected chi connectivity index (χ0v) is 20.8. The van der Waals surface area contributed by atoms with Crippen LogP contribution in [0.15, 0.2) is 83.9 Å². The lowest BCUT2D eigenvalue weighted by Gasteiger charge is -2.49. The third-order valence-corrected chi connectivity index (χ3v) is 7.93. The molecule has 5 rings (SSSR count). The Kier molecular flexibility index (Phi) is 6.26. The molecular formula is C29H32N4O3. The van der Waals surface area contributed by atoms with Crippen LogP contribution in [0.3, 0.4) is 0 Å². The van der Waals surface area contributed by atoms with Crippen molar-refractivity contribution in [2.75, 3.05) is 27.2 Å². The maximum absolute atomic E-state index is 14.0. The number of ether oxygens (including phenoxy) is 1. The summed E-state index contributed by atoms with van der Waals surface area (Å²) in [5.41, 5.74) is 6.87. The Hall–Kier alpha value is -3.71. The topological polar surface area (TPSA) is 88.2 Å². The second kappa shape index (κ2) is 9.39. The van der Waals surface area contributed by atoms with Crippen LogP contribution in [-0.4, -0.2) is 66.0 Å². The van der Waals surface area contributed by atoms with E-state index in [0.717, 1.165) is 11.1 Å². The van der Waals surface area contributed by atoms with Gasteiger partial charge in [-0.2, -0.15) is 0 Å². The molecule has 2 aliphatic heterocycles. The number of likely N-dealkylation sites (tertiary alicyclic amines) is 1. The van der Waals surface area contributed by atoms with E-state index in [9.17, 15) is 9.59 Å². The summed E-state index contributed by atoms with van der Waals surface area (Å²) in [6.07, 6.45) is 7.73. The van der Waals surface area contributed by atoms with E-state index in [2.05, 4.69) is 18.2 Å². The summed E-state index contributed by atoms with van der Waals surface area (Å²) >= 11 is 0. The average Bonchev–Trinajstić information content (AvgIpc) is 3.18. The molecule has 1 fully saturated rings. The molecule has 0 aromatic heterocycles. The molecule has 2 amide bonds. The molecule has 2 aromatic rings. The minimum absolute atomic E-state index is 0.00861. The summed E-state index contributed by atoms with van der Waals surface area (Å²) in [6, 6.07) is 19.4. The number of nitrogens with two attached hydrogens (primary N) is 1. The van der Waals surface area contributed by atoms with Gasteiger partial charge < -0.3 is 15.4 Å². The SMILES string of the molecule is COC1(C2(C3CCN(C(=O)c4ccccc4)CC3)N=C(N)N(C)C2=O)C=CC=C(c2ccccc2)C1. The fourth-order valence-corrected chi connectivity index (χ4v) is 5.94. The molecule has 0 saturated carbocycles. The van der Waals surface area contributed by atoms with Crippen LogP contribution in [0.2, 0.25) is 0 Å². The van der Waals surface area contributed by atoms with Gasteiger partial charge in [-0.15, -0.1) is 0 Å². The van der Waals surface area contributed by atoms with E-state index in [1.54, 1.807) is 14.2 Å². The predicted molar refractivity (Wildman–Crippen MR) is 140 cm³/mol. The number of rotatable bonds is 5. The largest absolute Gasteiger partial charge is 0.371 e.